The van der Waals surface area contributed by atoms with E-state index in [0.29, 0.717) is 0 Å². The first-order chi connectivity index (χ1) is 9.47. The van der Waals surface area contributed by atoms with Crippen LogP contribution in [0.4, 0.5) is 14.5 Å². The average Bonchev–Trinajstić information content (AvgIpc) is 2.42. The van der Waals surface area contributed by atoms with Crippen LogP contribution < -0.4 is 10.5 Å². The van der Waals surface area contributed by atoms with Crippen molar-refractivity contribution in [3.8, 4) is 16.9 Å². The molecule has 104 valence electrons. The number of nitrogens with two attached hydrogens (primary N) is 1. The van der Waals surface area contributed by atoms with Crippen molar-refractivity contribution in [2.75, 3.05) is 12.8 Å². The SMILES string of the molecule is COc1cc(C(=O)O)c(N)c(F)c1-c1ccccc1F. The second kappa shape index (κ2) is 5.16. The van der Waals surface area contributed by atoms with Gasteiger partial charge in [-0.15, -0.1) is 0 Å². The summed E-state index contributed by atoms with van der Waals surface area (Å²) in [5, 5.41) is 8.95. The highest BCUT2D eigenvalue weighted by Crippen LogP contribution is 2.38. The van der Waals surface area contributed by atoms with Crippen molar-refractivity contribution in [3.05, 3.63) is 47.5 Å². The lowest BCUT2D eigenvalue weighted by molar-refractivity contribution is 0.0697. The summed E-state index contributed by atoms with van der Waals surface area (Å²) in [6.07, 6.45) is 0. The number of carboxylic acids is 1. The molecule has 20 heavy (non-hydrogen) atoms. The number of benzene rings is 2. The summed E-state index contributed by atoms with van der Waals surface area (Å²) >= 11 is 0. The van der Waals surface area contributed by atoms with Crippen LogP contribution in [-0.4, -0.2) is 18.2 Å². The molecule has 0 spiro atoms. The van der Waals surface area contributed by atoms with Gasteiger partial charge in [-0.25, -0.2) is 13.6 Å². The molecule has 0 bridgehead atoms. The van der Waals surface area contributed by atoms with Gasteiger partial charge in [0, 0.05) is 5.56 Å². The molecule has 3 N–H and O–H groups in total. The van der Waals surface area contributed by atoms with E-state index in [1.54, 1.807) is 0 Å². The molecule has 0 aliphatic rings. The molecule has 0 heterocycles. The number of aromatic carboxylic acids is 1. The number of halogens is 2. The van der Waals surface area contributed by atoms with E-state index in [4.69, 9.17) is 15.6 Å². The molecule has 0 radical (unpaired) electrons. The van der Waals surface area contributed by atoms with Crippen LogP contribution >= 0.6 is 0 Å². The number of hydrogen-bond donors (Lipinski definition) is 2. The fourth-order valence-corrected chi connectivity index (χ4v) is 1.89. The number of methoxy groups -OCH3 is 1. The Labute approximate surface area is 113 Å². The maximum Gasteiger partial charge on any atom is 0.338 e. The van der Waals surface area contributed by atoms with Gasteiger partial charge in [0.05, 0.1) is 23.9 Å². The summed E-state index contributed by atoms with van der Waals surface area (Å²) in [6, 6.07) is 6.57. The average molecular weight is 279 g/mol. The first-order valence-corrected chi connectivity index (χ1v) is 5.61. The molecule has 0 saturated heterocycles. The Balaban J connectivity index is 2.80. The molecule has 0 aromatic heterocycles. The number of rotatable bonds is 3. The monoisotopic (exact) mass is 279 g/mol. The normalized spacial score (nSPS) is 10.3. The standard InChI is InChI=1S/C14H11F2NO3/c1-20-10-6-8(14(18)19)13(17)12(16)11(10)7-4-2-3-5-9(7)15/h2-6H,17H2,1H3,(H,18,19). The lowest BCUT2D eigenvalue weighted by atomic mass is 9.99. The number of ether oxygens (including phenoxy) is 1. The molecule has 0 aliphatic heterocycles. The summed E-state index contributed by atoms with van der Waals surface area (Å²) in [7, 11) is 1.24. The quantitative estimate of drug-likeness (QED) is 0.847. The Morgan fingerprint density at radius 2 is 1.95 bits per heavy atom. The second-order valence-corrected chi connectivity index (χ2v) is 4.01. The predicted molar refractivity (Wildman–Crippen MR) is 69.7 cm³/mol. The minimum atomic E-state index is -1.39. The molecule has 4 nitrogen and oxygen atoms in total. The second-order valence-electron chi connectivity index (χ2n) is 4.01. The molecule has 2 aromatic rings. The Kier molecular flexibility index (Phi) is 3.56. The van der Waals surface area contributed by atoms with Crippen LogP contribution in [0.5, 0.6) is 5.75 Å². The first kappa shape index (κ1) is 13.8. The third kappa shape index (κ3) is 2.16. The van der Waals surface area contributed by atoms with E-state index in [1.165, 1.54) is 25.3 Å². The van der Waals surface area contributed by atoms with Crippen LogP contribution in [0.3, 0.4) is 0 Å². The van der Waals surface area contributed by atoms with Crippen LogP contribution in [0, 0.1) is 11.6 Å². The Bertz CT molecular complexity index is 686. The van der Waals surface area contributed by atoms with Crippen molar-refractivity contribution < 1.29 is 23.4 Å². The molecule has 2 aromatic carbocycles. The minimum absolute atomic E-state index is 0.0505. The summed E-state index contributed by atoms with van der Waals surface area (Å²) < 4.78 is 33.0. The number of carboxylic acid groups (broad SMARTS) is 1. The number of anilines is 1. The highest BCUT2D eigenvalue weighted by atomic mass is 19.1. The van der Waals surface area contributed by atoms with Crippen LogP contribution in [0.25, 0.3) is 11.1 Å². The molecule has 0 amide bonds. The third-order valence-electron chi connectivity index (χ3n) is 2.86. The van der Waals surface area contributed by atoms with E-state index in [-0.39, 0.29) is 16.9 Å². The van der Waals surface area contributed by atoms with Crippen molar-refractivity contribution in [1.82, 2.24) is 0 Å². The van der Waals surface area contributed by atoms with E-state index in [1.807, 2.05) is 0 Å². The van der Waals surface area contributed by atoms with E-state index < -0.39 is 28.9 Å². The maximum absolute atomic E-state index is 14.3. The van der Waals surface area contributed by atoms with Crippen molar-refractivity contribution >= 4 is 11.7 Å². The largest absolute Gasteiger partial charge is 0.496 e. The van der Waals surface area contributed by atoms with Gasteiger partial charge in [0.15, 0.2) is 5.82 Å². The van der Waals surface area contributed by atoms with Gasteiger partial charge in [0.2, 0.25) is 0 Å². The van der Waals surface area contributed by atoms with Crippen LogP contribution in [0.1, 0.15) is 10.4 Å². The first-order valence-electron chi connectivity index (χ1n) is 5.61. The molecular formula is C14H11F2NO3. The van der Waals surface area contributed by atoms with Gasteiger partial charge in [-0.2, -0.15) is 0 Å². The van der Waals surface area contributed by atoms with Crippen LogP contribution in [-0.2, 0) is 0 Å². The van der Waals surface area contributed by atoms with Crippen molar-refractivity contribution in [3.63, 3.8) is 0 Å². The third-order valence-corrected chi connectivity index (χ3v) is 2.86. The van der Waals surface area contributed by atoms with Gasteiger partial charge >= 0.3 is 5.97 Å². The van der Waals surface area contributed by atoms with Gasteiger partial charge in [-0.3, -0.25) is 0 Å². The van der Waals surface area contributed by atoms with Crippen molar-refractivity contribution in [1.29, 1.82) is 0 Å². The minimum Gasteiger partial charge on any atom is -0.496 e. The summed E-state index contributed by atoms with van der Waals surface area (Å²) in [6.45, 7) is 0. The molecule has 0 saturated carbocycles. The van der Waals surface area contributed by atoms with E-state index in [9.17, 15) is 13.6 Å². The Morgan fingerprint density at radius 3 is 2.50 bits per heavy atom. The summed E-state index contributed by atoms with van der Waals surface area (Å²) in [4.78, 5) is 11.0. The fourth-order valence-electron chi connectivity index (χ4n) is 1.89. The van der Waals surface area contributed by atoms with Gasteiger partial charge in [-0.1, -0.05) is 18.2 Å². The zero-order valence-corrected chi connectivity index (χ0v) is 10.5. The lowest BCUT2D eigenvalue weighted by Gasteiger charge is -2.14. The fraction of sp³-hybridized carbons (Fsp3) is 0.0714. The molecular weight excluding hydrogens is 268 g/mol. The lowest BCUT2D eigenvalue weighted by Crippen LogP contribution is -2.07. The van der Waals surface area contributed by atoms with Crippen LogP contribution in [0.15, 0.2) is 30.3 Å². The molecule has 0 fully saturated rings. The smallest absolute Gasteiger partial charge is 0.338 e. The highest BCUT2D eigenvalue weighted by molar-refractivity contribution is 5.96. The van der Waals surface area contributed by atoms with E-state index in [0.717, 1.165) is 12.1 Å². The van der Waals surface area contributed by atoms with Crippen molar-refractivity contribution in [2.45, 2.75) is 0 Å². The van der Waals surface area contributed by atoms with Gasteiger partial charge in [0.1, 0.15) is 11.6 Å². The molecule has 0 aliphatic carbocycles. The van der Waals surface area contributed by atoms with E-state index in [2.05, 4.69) is 0 Å². The number of carbonyl (C=O) groups is 1. The zero-order valence-electron chi connectivity index (χ0n) is 10.5. The maximum atomic E-state index is 14.3. The summed E-state index contributed by atoms with van der Waals surface area (Å²) in [5.74, 6) is -3.17. The molecule has 6 heteroatoms. The molecule has 0 unspecified atom stereocenters. The van der Waals surface area contributed by atoms with Crippen LogP contribution in [0.2, 0.25) is 0 Å². The Morgan fingerprint density at radius 1 is 1.30 bits per heavy atom. The van der Waals surface area contributed by atoms with Gasteiger partial charge in [-0.05, 0) is 12.1 Å². The molecule has 2 rings (SSSR count). The Hall–Kier alpha value is -2.63. The van der Waals surface area contributed by atoms with Gasteiger partial charge < -0.3 is 15.6 Å². The van der Waals surface area contributed by atoms with Crippen molar-refractivity contribution in [2.24, 2.45) is 0 Å². The van der Waals surface area contributed by atoms with E-state index >= 15 is 0 Å². The topological polar surface area (TPSA) is 72.5 Å². The number of hydrogen-bond acceptors (Lipinski definition) is 3. The predicted octanol–water partition coefficient (Wildman–Crippen LogP) is 2.92. The van der Waals surface area contributed by atoms with Gasteiger partial charge in [0.25, 0.3) is 0 Å². The summed E-state index contributed by atoms with van der Waals surface area (Å²) in [5.41, 5.74) is 4.22. The number of nitrogen functional groups attached to an aromatic ring is 1. The highest BCUT2D eigenvalue weighted by Gasteiger charge is 2.23. The molecule has 0 atom stereocenters. The zero-order chi connectivity index (χ0) is 14.9.